The maximum atomic E-state index is 11.9. The minimum Gasteiger partial charge on any atom is -0.315 e. The Morgan fingerprint density at radius 1 is 1.38 bits per heavy atom. The van der Waals surface area contributed by atoms with Crippen LogP contribution in [0.1, 0.15) is 18.9 Å². The molecule has 0 fully saturated rings. The van der Waals surface area contributed by atoms with E-state index in [1.54, 1.807) is 0 Å². The Morgan fingerprint density at radius 2 is 2.12 bits per heavy atom. The molecule has 1 aromatic carbocycles. The molecule has 1 atom stereocenters. The maximum Gasteiger partial charge on any atom is 0.227 e. The molecule has 0 aromatic heterocycles. The predicted octanol–water partition coefficient (Wildman–Crippen LogP) is 1.57. The van der Waals surface area contributed by atoms with Crippen LogP contribution in [0.3, 0.4) is 0 Å². The van der Waals surface area contributed by atoms with Crippen molar-refractivity contribution in [1.82, 2.24) is 5.32 Å². The molecule has 0 radical (unpaired) electrons. The van der Waals surface area contributed by atoms with Crippen molar-refractivity contribution in [3.8, 4) is 0 Å². The summed E-state index contributed by atoms with van der Waals surface area (Å²) in [4.78, 5) is 13.8. The lowest BCUT2D eigenvalue weighted by molar-refractivity contribution is -0.119. The lowest BCUT2D eigenvalue weighted by atomic mass is 10.0. The molecule has 16 heavy (non-hydrogen) atoms. The van der Waals surface area contributed by atoms with Crippen molar-refractivity contribution in [2.45, 2.75) is 25.8 Å². The fourth-order valence-electron chi connectivity index (χ4n) is 2.06. The van der Waals surface area contributed by atoms with Gasteiger partial charge in [-0.25, -0.2) is 0 Å². The third-order valence-corrected chi connectivity index (χ3v) is 3.14. The first kappa shape index (κ1) is 11.1. The highest BCUT2D eigenvalue weighted by molar-refractivity contribution is 5.96. The van der Waals surface area contributed by atoms with Gasteiger partial charge in [0.05, 0.1) is 0 Å². The molecule has 2 rings (SSSR count). The highest BCUT2D eigenvalue weighted by Gasteiger charge is 2.24. The van der Waals surface area contributed by atoms with E-state index in [0.717, 1.165) is 18.7 Å². The Labute approximate surface area is 96.5 Å². The summed E-state index contributed by atoms with van der Waals surface area (Å²) in [5, 5.41) is 3.17. The van der Waals surface area contributed by atoms with E-state index in [1.807, 2.05) is 30.1 Å². The van der Waals surface area contributed by atoms with E-state index < -0.39 is 0 Å². The van der Waals surface area contributed by atoms with Crippen molar-refractivity contribution in [3.63, 3.8) is 0 Å². The van der Waals surface area contributed by atoms with Gasteiger partial charge in [0.25, 0.3) is 0 Å². The molecule has 0 bridgehead atoms. The smallest absolute Gasteiger partial charge is 0.227 e. The highest BCUT2D eigenvalue weighted by atomic mass is 16.2. The van der Waals surface area contributed by atoms with Gasteiger partial charge < -0.3 is 10.2 Å². The van der Waals surface area contributed by atoms with E-state index in [9.17, 15) is 4.79 Å². The summed E-state index contributed by atoms with van der Waals surface area (Å²) in [5.74, 6) is 0.237. The number of nitrogens with one attached hydrogen (secondary N) is 1. The predicted molar refractivity (Wildman–Crippen MR) is 65.6 cm³/mol. The summed E-state index contributed by atoms with van der Waals surface area (Å²) in [6, 6.07) is 8.49. The summed E-state index contributed by atoms with van der Waals surface area (Å²) in [6.45, 7) is 2.83. The van der Waals surface area contributed by atoms with Crippen LogP contribution >= 0.6 is 0 Å². The lowest BCUT2D eigenvalue weighted by Gasteiger charge is -2.31. The summed E-state index contributed by atoms with van der Waals surface area (Å²) < 4.78 is 0. The van der Waals surface area contributed by atoms with Crippen LogP contribution in [-0.4, -0.2) is 25.5 Å². The van der Waals surface area contributed by atoms with E-state index >= 15 is 0 Å². The number of aryl methyl sites for hydroxylation is 1. The topological polar surface area (TPSA) is 32.3 Å². The van der Waals surface area contributed by atoms with Gasteiger partial charge in [-0.2, -0.15) is 0 Å². The van der Waals surface area contributed by atoms with E-state index in [4.69, 9.17) is 0 Å². The van der Waals surface area contributed by atoms with E-state index in [2.05, 4.69) is 18.3 Å². The molecule has 1 aromatic rings. The monoisotopic (exact) mass is 218 g/mol. The first-order valence-electron chi connectivity index (χ1n) is 5.78. The number of benzene rings is 1. The lowest BCUT2D eigenvalue weighted by Crippen LogP contribution is -2.43. The quantitative estimate of drug-likeness (QED) is 0.835. The van der Waals surface area contributed by atoms with Crippen LogP contribution in [0.5, 0.6) is 0 Å². The van der Waals surface area contributed by atoms with Gasteiger partial charge in [0, 0.05) is 24.7 Å². The van der Waals surface area contributed by atoms with Gasteiger partial charge in [-0.3, -0.25) is 4.79 Å². The van der Waals surface area contributed by atoms with Gasteiger partial charge in [-0.1, -0.05) is 18.2 Å². The van der Waals surface area contributed by atoms with Crippen molar-refractivity contribution >= 4 is 11.6 Å². The second-order valence-electron chi connectivity index (χ2n) is 4.32. The van der Waals surface area contributed by atoms with Gasteiger partial charge >= 0.3 is 0 Å². The van der Waals surface area contributed by atoms with Crippen LogP contribution in [0.4, 0.5) is 5.69 Å². The molecular formula is C13H18N2O. The summed E-state index contributed by atoms with van der Waals surface area (Å²) in [7, 11) is 1.92. The summed E-state index contributed by atoms with van der Waals surface area (Å²) in [5.41, 5.74) is 2.37. The average Bonchev–Trinajstić information content (AvgIpc) is 2.32. The highest BCUT2D eigenvalue weighted by Crippen LogP contribution is 2.27. The molecule has 1 unspecified atom stereocenters. The molecule has 86 valence electrons. The molecular weight excluding hydrogens is 200 g/mol. The third kappa shape index (κ3) is 2.09. The number of carbonyl (C=O) groups excluding carboxylic acids is 1. The van der Waals surface area contributed by atoms with Crippen molar-refractivity contribution < 1.29 is 4.79 Å². The molecule has 1 aliphatic rings. The van der Waals surface area contributed by atoms with E-state index in [0.29, 0.717) is 12.5 Å². The van der Waals surface area contributed by atoms with Crippen LogP contribution in [0.2, 0.25) is 0 Å². The number of fused-ring (bicyclic) bond motifs is 1. The molecule has 0 spiro atoms. The van der Waals surface area contributed by atoms with E-state index in [-0.39, 0.29) is 5.91 Å². The number of nitrogens with zero attached hydrogens (tertiary/aromatic N) is 1. The average molecular weight is 218 g/mol. The normalized spacial score (nSPS) is 17.1. The van der Waals surface area contributed by atoms with Crippen molar-refractivity contribution in [2.75, 3.05) is 18.5 Å². The Kier molecular flexibility index (Phi) is 3.25. The van der Waals surface area contributed by atoms with Crippen LogP contribution < -0.4 is 10.2 Å². The van der Waals surface area contributed by atoms with Crippen molar-refractivity contribution in [3.05, 3.63) is 29.8 Å². The number of hydrogen-bond donors (Lipinski definition) is 1. The number of anilines is 1. The zero-order chi connectivity index (χ0) is 11.5. The third-order valence-electron chi connectivity index (χ3n) is 3.14. The van der Waals surface area contributed by atoms with Crippen LogP contribution in [0, 0.1) is 0 Å². The minimum absolute atomic E-state index is 0.237. The second-order valence-corrected chi connectivity index (χ2v) is 4.32. The first-order chi connectivity index (χ1) is 7.72. The molecule has 1 heterocycles. The molecule has 3 nitrogen and oxygen atoms in total. The number of hydrogen-bond acceptors (Lipinski definition) is 2. The number of carbonyl (C=O) groups is 1. The van der Waals surface area contributed by atoms with Gasteiger partial charge in [-0.15, -0.1) is 0 Å². The number of likely N-dealkylation sites (N-methyl/N-ethyl adjacent to an activating group) is 1. The van der Waals surface area contributed by atoms with Crippen molar-refractivity contribution in [1.29, 1.82) is 0 Å². The molecule has 1 N–H and O–H groups in total. The van der Waals surface area contributed by atoms with Crippen LogP contribution in [0.25, 0.3) is 0 Å². The largest absolute Gasteiger partial charge is 0.315 e. The molecule has 1 aliphatic heterocycles. The Balaban J connectivity index is 2.26. The Hall–Kier alpha value is -1.35. The fourth-order valence-corrected chi connectivity index (χ4v) is 2.06. The Morgan fingerprint density at radius 3 is 2.88 bits per heavy atom. The maximum absolute atomic E-state index is 11.9. The van der Waals surface area contributed by atoms with Crippen LogP contribution in [-0.2, 0) is 11.2 Å². The minimum atomic E-state index is 0.237. The summed E-state index contributed by atoms with van der Waals surface area (Å²) >= 11 is 0. The standard InChI is InChI=1S/C13H18N2O/c1-10(14-2)9-15-12-6-4-3-5-11(12)7-8-13(15)16/h3-6,10,14H,7-9H2,1-2H3. The van der Waals surface area contributed by atoms with Gasteiger partial charge in [-0.05, 0) is 32.0 Å². The summed E-state index contributed by atoms with van der Waals surface area (Å²) in [6.07, 6.45) is 1.51. The van der Waals surface area contributed by atoms with Crippen molar-refractivity contribution in [2.24, 2.45) is 0 Å². The number of para-hydroxylation sites is 1. The van der Waals surface area contributed by atoms with Gasteiger partial charge in [0.15, 0.2) is 0 Å². The zero-order valence-corrected chi connectivity index (χ0v) is 9.86. The second kappa shape index (κ2) is 4.66. The Bertz CT molecular complexity index is 389. The van der Waals surface area contributed by atoms with Gasteiger partial charge in [0.2, 0.25) is 5.91 Å². The molecule has 0 aliphatic carbocycles. The molecule has 1 amide bonds. The van der Waals surface area contributed by atoms with Gasteiger partial charge in [0.1, 0.15) is 0 Å². The fraction of sp³-hybridized carbons (Fsp3) is 0.462. The molecule has 0 saturated heterocycles. The number of amides is 1. The molecule has 3 heteroatoms. The van der Waals surface area contributed by atoms with E-state index in [1.165, 1.54) is 5.56 Å². The van der Waals surface area contributed by atoms with Crippen LogP contribution in [0.15, 0.2) is 24.3 Å². The number of rotatable bonds is 3. The molecule has 0 saturated carbocycles. The zero-order valence-electron chi connectivity index (χ0n) is 9.86. The first-order valence-corrected chi connectivity index (χ1v) is 5.78. The SMILES string of the molecule is CNC(C)CN1C(=O)CCc2ccccc21.